The lowest BCUT2D eigenvalue weighted by atomic mass is 9.86. The van der Waals surface area contributed by atoms with Gasteiger partial charge in [-0.2, -0.15) is 9.97 Å². The highest BCUT2D eigenvalue weighted by Gasteiger charge is 2.25. The van der Waals surface area contributed by atoms with Crippen molar-refractivity contribution in [1.82, 2.24) is 15.0 Å². The Labute approximate surface area is 227 Å². The molecule has 2 fully saturated rings. The first kappa shape index (κ1) is 25.3. The largest absolute Gasteiger partial charge is 0.396 e. The summed E-state index contributed by atoms with van der Waals surface area (Å²) < 4.78 is 5.47. The number of aromatic amines is 1. The molecule has 0 bridgehead atoms. The number of carbonyl (C=O) groups is 1. The van der Waals surface area contributed by atoms with E-state index in [0.717, 1.165) is 63.4 Å². The first-order valence-corrected chi connectivity index (χ1v) is 13.7. The summed E-state index contributed by atoms with van der Waals surface area (Å²) in [5.74, 6) is 1.37. The summed E-state index contributed by atoms with van der Waals surface area (Å²) in [5, 5.41) is 17.2. The van der Waals surface area contributed by atoms with E-state index in [2.05, 4.69) is 32.7 Å². The number of ketones is 1. The Morgan fingerprint density at radius 3 is 2.46 bits per heavy atom. The number of hydrogen-bond donors (Lipinski definition) is 4. The second kappa shape index (κ2) is 11.4. The normalized spacial score (nSPS) is 19.7. The Bertz CT molecular complexity index is 1410. The Hall–Kier alpha value is -3.95. The van der Waals surface area contributed by atoms with Crippen molar-refractivity contribution in [1.29, 1.82) is 0 Å². The van der Waals surface area contributed by atoms with E-state index in [-0.39, 0.29) is 18.4 Å². The number of carbonyl (C=O) groups excluding carboxylic acids is 1. The van der Waals surface area contributed by atoms with Crippen LogP contribution in [0, 0.1) is 5.92 Å². The molecule has 1 saturated heterocycles. The highest BCUT2D eigenvalue weighted by atomic mass is 16.5. The maximum Gasteiger partial charge on any atom is 0.231 e. The minimum Gasteiger partial charge on any atom is -0.396 e. The van der Waals surface area contributed by atoms with Crippen LogP contribution in [0.25, 0.3) is 11.0 Å². The van der Waals surface area contributed by atoms with E-state index < -0.39 is 0 Å². The smallest absolute Gasteiger partial charge is 0.231 e. The van der Waals surface area contributed by atoms with Crippen LogP contribution in [-0.4, -0.2) is 64.8 Å². The van der Waals surface area contributed by atoms with E-state index in [4.69, 9.17) is 14.7 Å². The van der Waals surface area contributed by atoms with Crippen molar-refractivity contribution >= 4 is 40.0 Å². The predicted molar refractivity (Wildman–Crippen MR) is 153 cm³/mol. The van der Waals surface area contributed by atoms with Crippen LogP contribution in [0.1, 0.15) is 41.6 Å². The third kappa shape index (κ3) is 5.60. The maximum atomic E-state index is 13.4. The molecule has 0 spiro atoms. The number of benzene rings is 2. The number of nitrogens with one attached hydrogen (secondary N) is 3. The molecule has 2 aromatic carbocycles. The van der Waals surface area contributed by atoms with E-state index in [9.17, 15) is 9.90 Å². The average Bonchev–Trinajstić information content (AvgIpc) is 3.43. The number of aliphatic hydroxyl groups excluding tert-OH is 1. The van der Waals surface area contributed by atoms with Crippen molar-refractivity contribution in [3.05, 3.63) is 71.9 Å². The number of aliphatic hydroxyl groups is 1. The van der Waals surface area contributed by atoms with Crippen molar-refractivity contribution in [2.24, 2.45) is 5.92 Å². The van der Waals surface area contributed by atoms with Gasteiger partial charge in [0.2, 0.25) is 5.95 Å². The number of rotatable bonds is 8. The summed E-state index contributed by atoms with van der Waals surface area (Å²) in [6.07, 6.45) is 5.53. The van der Waals surface area contributed by atoms with Crippen molar-refractivity contribution in [3.8, 4) is 0 Å². The lowest BCUT2D eigenvalue weighted by Gasteiger charge is -2.29. The van der Waals surface area contributed by atoms with Gasteiger partial charge in [0.15, 0.2) is 5.78 Å². The second-order valence-corrected chi connectivity index (χ2v) is 10.3. The van der Waals surface area contributed by atoms with Gasteiger partial charge in [0, 0.05) is 48.9 Å². The first-order chi connectivity index (χ1) is 19.2. The van der Waals surface area contributed by atoms with Crippen LogP contribution >= 0.6 is 0 Å². The molecule has 1 aliphatic heterocycles. The van der Waals surface area contributed by atoms with E-state index in [1.807, 2.05) is 42.5 Å². The SMILES string of the molecule is O=C(c1ccccc1)c1c[nH]c2nc(Nc3ccc(N4CCOCC4)cc3)nc(NC3CCC(CO)CC3)c12. The van der Waals surface area contributed by atoms with Gasteiger partial charge < -0.3 is 30.4 Å². The lowest BCUT2D eigenvalue weighted by molar-refractivity contribution is 0.104. The van der Waals surface area contributed by atoms with Crippen molar-refractivity contribution in [3.63, 3.8) is 0 Å². The summed E-state index contributed by atoms with van der Waals surface area (Å²) in [6, 6.07) is 17.7. The Morgan fingerprint density at radius 2 is 1.74 bits per heavy atom. The summed E-state index contributed by atoms with van der Waals surface area (Å²) >= 11 is 0. The van der Waals surface area contributed by atoms with Gasteiger partial charge in [0.05, 0.1) is 24.2 Å². The fourth-order valence-corrected chi connectivity index (χ4v) is 5.51. The number of fused-ring (bicyclic) bond motifs is 1. The number of H-pyrrole nitrogens is 1. The van der Waals surface area contributed by atoms with Crippen molar-refractivity contribution in [2.75, 3.05) is 48.4 Å². The lowest BCUT2D eigenvalue weighted by Crippen LogP contribution is -2.36. The molecule has 1 saturated carbocycles. The summed E-state index contributed by atoms with van der Waals surface area (Å²) in [6.45, 7) is 3.50. The Morgan fingerprint density at radius 1 is 1.00 bits per heavy atom. The molecule has 2 aromatic heterocycles. The number of anilines is 4. The summed E-state index contributed by atoms with van der Waals surface area (Å²) in [4.78, 5) is 28.5. The Kier molecular flexibility index (Phi) is 7.42. The molecule has 9 heteroatoms. The molecule has 9 nitrogen and oxygen atoms in total. The fraction of sp³-hybridized carbons (Fsp3) is 0.367. The van der Waals surface area contributed by atoms with Crippen LogP contribution in [0.15, 0.2) is 60.8 Å². The van der Waals surface area contributed by atoms with Gasteiger partial charge in [-0.3, -0.25) is 4.79 Å². The molecule has 0 amide bonds. The molecule has 2 aliphatic rings. The fourth-order valence-electron chi connectivity index (χ4n) is 5.51. The zero-order valence-corrected chi connectivity index (χ0v) is 21.9. The molecular formula is C30H34N6O3. The third-order valence-corrected chi connectivity index (χ3v) is 7.76. The average molecular weight is 527 g/mol. The molecule has 1 aliphatic carbocycles. The van der Waals surface area contributed by atoms with Crippen LogP contribution in [-0.2, 0) is 4.74 Å². The van der Waals surface area contributed by atoms with Gasteiger partial charge in [-0.05, 0) is 55.9 Å². The number of morpholine rings is 1. The van der Waals surface area contributed by atoms with E-state index in [1.54, 1.807) is 6.20 Å². The summed E-state index contributed by atoms with van der Waals surface area (Å²) in [5.41, 5.74) is 3.81. The van der Waals surface area contributed by atoms with Crippen LogP contribution in [0.2, 0.25) is 0 Å². The molecule has 4 aromatic rings. The highest BCUT2D eigenvalue weighted by molar-refractivity contribution is 6.18. The zero-order valence-electron chi connectivity index (χ0n) is 21.9. The molecule has 202 valence electrons. The van der Waals surface area contributed by atoms with Gasteiger partial charge >= 0.3 is 0 Å². The minimum atomic E-state index is -0.0723. The van der Waals surface area contributed by atoms with Gasteiger partial charge in [0.1, 0.15) is 11.5 Å². The quantitative estimate of drug-likeness (QED) is 0.244. The van der Waals surface area contributed by atoms with Gasteiger partial charge in [-0.25, -0.2) is 0 Å². The zero-order chi connectivity index (χ0) is 26.6. The molecule has 3 heterocycles. The van der Waals surface area contributed by atoms with Crippen molar-refractivity contribution < 1.29 is 14.6 Å². The molecule has 0 radical (unpaired) electrons. The van der Waals surface area contributed by atoms with E-state index >= 15 is 0 Å². The molecule has 0 atom stereocenters. The molecule has 39 heavy (non-hydrogen) atoms. The highest BCUT2D eigenvalue weighted by Crippen LogP contribution is 2.32. The summed E-state index contributed by atoms with van der Waals surface area (Å²) in [7, 11) is 0. The monoisotopic (exact) mass is 526 g/mol. The topological polar surface area (TPSA) is 115 Å². The predicted octanol–water partition coefficient (Wildman–Crippen LogP) is 4.73. The van der Waals surface area contributed by atoms with Crippen LogP contribution in [0.4, 0.5) is 23.1 Å². The van der Waals surface area contributed by atoms with Gasteiger partial charge in [-0.15, -0.1) is 0 Å². The van der Waals surface area contributed by atoms with E-state index in [1.165, 1.54) is 0 Å². The number of aromatic nitrogens is 3. The van der Waals surface area contributed by atoms with Gasteiger partial charge in [-0.1, -0.05) is 30.3 Å². The third-order valence-electron chi connectivity index (χ3n) is 7.76. The standard InChI is InChI=1S/C30H34N6O3/c37-19-20-6-8-22(9-7-20)32-29-26-25(27(38)21-4-2-1-3-5-21)18-31-28(26)34-30(35-29)33-23-10-12-24(13-11-23)36-14-16-39-17-15-36/h1-5,10-13,18,20,22,37H,6-9,14-17,19H2,(H3,31,32,33,34,35). The second-order valence-electron chi connectivity index (χ2n) is 10.3. The van der Waals surface area contributed by atoms with Gasteiger partial charge in [0.25, 0.3) is 0 Å². The molecular weight excluding hydrogens is 492 g/mol. The minimum absolute atomic E-state index is 0.0723. The number of hydrogen-bond acceptors (Lipinski definition) is 8. The van der Waals surface area contributed by atoms with Crippen LogP contribution in [0.3, 0.4) is 0 Å². The molecule has 4 N–H and O–H groups in total. The maximum absolute atomic E-state index is 13.4. The van der Waals surface area contributed by atoms with Crippen LogP contribution in [0.5, 0.6) is 0 Å². The molecule has 6 rings (SSSR count). The number of nitrogens with zero attached hydrogens (tertiary/aromatic N) is 3. The van der Waals surface area contributed by atoms with Crippen molar-refractivity contribution in [2.45, 2.75) is 31.7 Å². The first-order valence-electron chi connectivity index (χ1n) is 13.7. The number of ether oxygens (including phenoxy) is 1. The van der Waals surface area contributed by atoms with Crippen LogP contribution < -0.4 is 15.5 Å². The molecule has 0 unspecified atom stereocenters. The van der Waals surface area contributed by atoms with E-state index in [0.29, 0.717) is 39.8 Å². The Balaban J connectivity index is 1.30.